The van der Waals surface area contributed by atoms with Gasteiger partial charge in [0, 0.05) is 0 Å². The lowest BCUT2D eigenvalue weighted by atomic mass is 10.1. The fourth-order valence-corrected chi connectivity index (χ4v) is 2.95. The summed E-state index contributed by atoms with van der Waals surface area (Å²) in [5.74, 6) is 0. The fraction of sp³-hybridized carbons (Fsp3) is 1.00. The predicted octanol–water partition coefficient (Wildman–Crippen LogP) is -1.14. The topological polar surface area (TPSA) is 83.1 Å². The maximum atomic E-state index is 5.77. The smallest absolute Gasteiger partial charge is 0.341 e. The molecule has 2 unspecified atom stereocenters. The van der Waals surface area contributed by atoms with Crippen LogP contribution < -0.4 is 0 Å². The molecule has 0 N–H and O–H groups in total. The largest absolute Gasteiger partial charge is 0.415 e. The van der Waals surface area contributed by atoms with Crippen LogP contribution in [0.15, 0.2) is 0 Å². The third-order valence-electron chi connectivity index (χ3n) is 3.80. The maximum Gasteiger partial charge on any atom is 0.415 e. The zero-order valence-electron chi connectivity index (χ0n) is 10.5. The third-order valence-corrected chi connectivity index (χ3v) is 3.80. The molecule has 5 aliphatic heterocycles. The molecule has 9 nitrogen and oxygen atoms in total. The molecule has 20 heavy (non-hydrogen) atoms. The second-order valence-corrected chi connectivity index (χ2v) is 5.03. The van der Waals surface area contributed by atoms with Gasteiger partial charge in [-0.25, -0.2) is 0 Å². The van der Waals surface area contributed by atoms with E-state index in [1.54, 1.807) is 0 Å². The monoisotopic (exact) mass is 290 g/mol. The molecule has 2 spiro atoms. The highest BCUT2D eigenvalue weighted by atomic mass is 17.1. The Kier molecular flexibility index (Phi) is 2.50. The van der Waals surface area contributed by atoms with Crippen LogP contribution in [0.1, 0.15) is 0 Å². The van der Waals surface area contributed by atoms with Crippen molar-refractivity contribution in [1.29, 1.82) is 0 Å². The minimum Gasteiger partial charge on any atom is -0.341 e. The molecule has 5 aliphatic rings. The molecule has 5 rings (SSSR count). The van der Waals surface area contributed by atoms with E-state index in [9.17, 15) is 0 Å². The average Bonchev–Trinajstić information content (AvgIpc) is 3.19. The Bertz CT molecular complexity index is 403. The van der Waals surface area contributed by atoms with E-state index in [4.69, 9.17) is 42.6 Å². The first-order valence-electron chi connectivity index (χ1n) is 6.66. The molecule has 0 aliphatic carbocycles. The molecular formula is C11H14O9. The van der Waals surface area contributed by atoms with Crippen LogP contribution in [-0.2, 0) is 42.6 Å². The summed E-state index contributed by atoms with van der Waals surface area (Å²) in [4.78, 5) is 0. The fourth-order valence-electron chi connectivity index (χ4n) is 2.95. The van der Waals surface area contributed by atoms with Gasteiger partial charge in [-0.05, 0) is 0 Å². The molecular weight excluding hydrogens is 276 g/mol. The van der Waals surface area contributed by atoms with Crippen LogP contribution in [0.4, 0.5) is 0 Å². The molecule has 112 valence electrons. The normalized spacial score (nSPS) is 48.0. The summed E-state index contributed by atoms with van der Waals surface area (Å²) < 4.78 is 49.7. The quantitative estimate of drug-likeness (QED) is 0.549. The van der Waals surface area contributed by atoms with Crippen molar-refractivity contribution in [3.63, 3.8) is 0 Å². The van der Waals surface area contributed by atoms with Gasteiger partial charge in [0.1, 0.15) is 18.3 Å². The summed E-state index contributed by atoms with van der Waals surface area (Å²) in [6.07, 6.45) is -4.75. The molecule has 9 heteroatoms. The van der Waals surface area contributed by atoms with Crippen molar-refractivity contribution >= 4 is 0 Å². The Morgan fingerprint density at radius 3 is 2.05 bits per heavy atom. The van der Waals surface area contributed by atoms with E-state index in [0.717, 1.165) is 0 Å². The van der Waals surface area contributed by atoms with Gasteiger partial charge >= 0.3 is 12.3 Å². The van der Waals surface area contributed by atoms with E-state index in [1.165, 1.54) is 0 Å². The lowest BCUT2D eigenvalue weighted by molar-refractivity contribution is -0.510. The molecule has 0 saturated carbocycles. The van der Waals surface area contributed by atoms with Gasteiger partial charge in [-0.2, -0.15) is 0 Å². The highest BCUT2D eigenvalue weighted by Crippen LogP contribution is 2.45. The zero-order valence-corrected chi connectivity index (χ0v) is 10.5. The minimum atomic E-state index is -1.47. The van der Waals surface area contributed by atoms with Crippen LogP contribution in [0.25, 0.3) is 0 Å². The van der Waals surface area contributed by atoms with E-state index < -0.39 is 30.8 Å². The van der Waals surface area contributed by atoms with E-state index in [0.29, 0.717) is 26.4 Å². The first kappa shape index (κ1) is 12.2. The standard InChI is InChI=1S/C11H14O9/c1-2-13-10(12-1)16-5-6-7(18-10)8-9(17-6)20-11(19-8)14-3-4-15-11/h6-9H,1-5H2/t6?,7?,8-,9-/m1/s1. The van der Waals surface area contributed by atoms with Gasteiger partial charge in [0.25, 0.3) is 0 Å². The maximum absolute atomic E-state index is 5.77. The third kappa shape index (κ3) is 1.64. The molecule has 0 bridgehead atoms. The van der Waals surface area contributed by atoms with Crippen molar-refractivity contribution in [2.45, 2.75) is 36.9 Å². The molecule has 0 amide bonds. The highest BCUT2D eigenvalue weighted by Gasteiger charge is 2.65. The SMILES string of the molecule is C1COC2(O1)OCC1O[C@@H]3OC4(OCCO4)O[C@@H]3C1O2. The molecule has 0 aromatic carbocycles. The van der Waals surface area contributed by atoms with Crippen molar-refractivity contribution in [3.05, 3.63) is 0 Å². The average molecular weight is 290 g/mol. The lowest BCUT2D eigenvalue weighted by Gasteiger charge is -2.37. The Balaban J connectivity index is 1.37. The predicted molar refractivity (Wildman–Crippen MR) is 54.7 cm³/mol. The van der Waals surface area contributed by atoms with Crippen LogP contribution in [-0.4, -0.2) is 70.0 Å². The molecule has 0 radical (unpaired) electrons. The van der Waals surface area contributed by atoms with E-state index in [-0.39, 0.29) is 12.7 Å². The van der Waals surface area contributed by atoms with Crippen LogP contribution in [0.2, 0.25) is 0 Å². The van der Waals surface area contributed by atoms with Crippen molar-refractivity contribution < 1.29 is 42.6 Å². The number of hydrogen-bond acceptors (Lipinski definition) is 9. The van der Waals surface area contributed by atoms with Crippen LogP contribution in [0.5, 0.6) is 0 Å². The highest BCUT2D eigenvalue weighted by molar-refractivity contribution is 4.95. The zero-order chi connectivity index (χ0) is 13.2. The van der Waals surface area contributed by atoms with Gasteiger partial charge in [-0.1, -0.05) is 0 Å². The van der Waals surface area contributed by atoms with Gasteiger partial charge in [0.2, 0.25) is 0 Å². The van der Waals surface area contributed by atoms with Crippen molar-refractivity contribution in [3.8, 4) is 0 Å². The molecule has 0 aromatic rings. The Morgan fingerprint density at radius 2 is 1.30 bits per heavy atom. The van der Waals surface area contributed by atoms with E-state index in [2.05, 4.69) is 0 Å². The Labute approximate surface area is 113 Å². The van der Waals surface area contributed by atoms with Crippen molar-refractivity contribution in [1.82, 2.24) is 0 Å². The molecule has 4 atom stereocenters. The Hall–Kier alpha value is -0.360. The lowest BCUT2D eigenvalue weighted by Crippen LogP contribution is -2.54. The summed E-state index contributed by atoms with van der Waals surface area (Å²) in [5.41, 5.74) is 0. The number of hydrogen-bond donors (Lipinski definition) is 0. The number of ether oxygens (including phenoxy) is 9. The van der Waals surface area contributed by atoms with Crippen molar-refractivity contribution in [2.24, 2.45) is 0 Å². The molecule has 0 aromatic heterocycles. The van der Waals surface area contributed by atoms with Gasteiger partial charge in [0.15, 0.2) is 6.29 Å². The summed E-state index contributed by atoms with van der Waals surface area (Å²) in [5, 5.41) is 0. The van der Waals surface area contributed by atoms with E-state index in [1.807, 2.05) is 0 Å². The van der Waals surface area contributed by atoms with Crippen LogP contribution >= 0.6 is 0 Å². The van der Waals surface area contributed by atoms with Gasteiger partial charge < -0.3 is 28.4 Å². The number of fused-ring (bicyclic) bond motifs is 3. The summed E-state index contributed by atoms with van der Waals surface area (Å²) >= 11 is 0. The minimum absolute atomic E-state index is 0.277. The number of rotatable bonds is 0. The van der Waals surface area contributed by atoms with Gasteiger partial charge in [0.05, 0.1) is 33.0 Å². The molecule has 5 heterocycles. The van der Waals surface area contributed by atoms with Crippen LogP contribution in [0.3, 0.4) is 0 Å². The first-order chi connectivity index (χ1) is 9.78. The second kappa shape index (κ2) is 4.09. The summed E-state index contributed by atoms with van der Waals surface area (Å²) in [6.45, 7) is 1.93. The van der Waals surface area contributed by atoms with Crippen LogP contribution in [0, 0.1) is 0 Å². The van der Waals surface area contributed by atoms with Crippen molar-refractivity contribution in [2.75, 3.05) is 33.0 Å². The Morgan fingerprint density at radius 1 is 0.650 bits per heavy atom. The summed E-state index contributed by atoms with van der Waals surface area (Å²) in [6, 6.07) is 0. The second-order valence-electron chi connectivity index (χ2n) is 5.03. The van der Waals surface area contributed by atoms with Gasteiger partial charge in [-0.15, -0.1) is 0 Å². The molecule has 5 saturated heterocycles. The first-order valence-corrected chi connectivity index (χ1v) is 6.66. The van der Waals surface area contributed by atoms with E-state index >= 15 is 0 Å². The molecule has 5 fully saturated rings. The summed E-state index contributed by atoms with van der Waals surface area (Å²) in [7, 11) is 0. The van der Waals surface area contributed by atoms with Gasteiger partial charge in [-0.3, -0.25) is 14.2 Å².